The monoisotopic (exact) mass is 300 g/mol. The normalized spacial score (nSPS) is 11.7. The molecule has 0 aliphatic heterocycles. The molecule has 0 spiro atoms. The lowest BCUT2D eigenvalue weighted by Crippen LogP contribution is -2.25. The van der Waals surface area contributed by atoms with Crippen molar-refractivity contribution >= 4 is 32.5 Å². The number of sulfonamides is 1. The molecule has 0 radical (unpaired) electrons. The average molecular weight is 301 g/mol. The summed E-state index contributed by atoms with van der Waals surface area (Å²) < 4.78 is 31.9. The zero-order valence-electron chi connectivity index (χ0n) is 10.3. The van der Waals surface area contributed by atoms with Crippen LogP contribution in [0.1, 0.15) is 0 Å². The lowest BCUT2D eigenvalue weighted by Gasteiger charge is -2.10. The Hall–Kier alpha value is -1.37. The van der Waals surface area contributed by atoms with Crippen molar-refractivity contribution in [2.75, 3.05) is 19.5 Å². The molecular formula is C12H13ClN2O3S. The van der Waals surface area contributed by atoms with Crippen molar-refractivity contribution in [3.8, 4) is 5.75 Å². The van der Waals surface area contributed by atoms with E-state index in [1.54, 1.807) is 24.4 Å². The number of nitrogens with zero attached hydrogens (tertiary/aromatic N) is 1. The van der Waals surface area contributed by atoms with Crippen molar-refractivity contribution in [3.63, 3.8) is 0 Å². The SMILES string of the molecule is COc1ccc(S(=O)(=O)NCCCl)c2cccnc12. The van der Waals surface area contributed by atoms with Crippen molar-refractivity contribution in [1.29, 1.82) is 0 Å². The van der Waals surface area contributed by atoms with Crippen LogP contribution in [0.2, 0.25) is 0 Å². The van der Waals surface area contributed by atoms with Crippen molar-refractivity contribution in [3.05, 3.63) is 30.5 Å². The van der Waals surface area contributed by atoms with Gasteiger partial charge in [-0.15, -0.1) is 11.6 Å². The van der Waals surface area contributed by atoms with Crippen LogP contribution >= 0.6 is 11.6 Å². The molecule has 0 saturated carbocycles. The number of methoxy groups -OCH3 is 1. The van der Waals surface area contributed by atoms with E-state index < -0.39 is 10.0 Å². The van der Waals surface area contributed by atoms with Gasteiger partial charge in [0.1, 0.15) is 11.3 Å². The Morgan fingerprint density at radius 3 is 2.84 bits per heavy atom. The van der Waals surface area contributed by atoms with Crippen LogP contribution < -0.4 is 9.46 Å². The van der Waals surface area contributed by atoms with Crippen molar-refractivity contribution in [2.24, 2.45) is 0 Å². The predicted octanol–water partition coefficient (Wildman–Crippen LogP) is 1.76. The summed E-state index contributed by atoms with van der Waals surface area (Å²) in [5.41, 5.74) is 0.513. The zero-order chi connectivity index (χ0) is 13.9. The van der Waals surface area contributed by atoms with E-state index in [0.29, 0.717) is 16.7 Å². The van der Waals surface area contributed by atoms with Gasteiger partial charge >= 0.3 is 0 Å². The molecule has 0 fully saturated rings. The van der Waals surface area contributed by atoms with Gasteiger partial charge in [-0.3, -0.25) is 4.98 Å². The lowest BCUT2D eigenvalue weighted by molar-refractivity contribution is 0.418. The maximum Gasteiger partial charge on any atom is 0.241 e. The van der Waals surface area contributed by atoms with Gasteiger partial charge in [0, 0.05) is 24.0 Å². The van der Waals surface area contributed by atoms with Crippen LogP contribution in [0.3, 0.4) is 0 Å². The molecule has 7 heteroatoms. The van der Waals surface area contributed by atoms with Gasteiger partial charge in [0.05, 0.1) is 12.0 Å². The number of hydrogen-bond donors (Lipinski definition) is 1. The first-order valence-electron chi connectivity index (χ1n) is 5.57. The molecule has 19 heavy (non-hydrogen) atoms. The second kappa shape index (κ2) is 5.73. The minimum Gasteiger partial charge on any atom is -0.494 e. The summed E-state index contributed by atoms with van der Waals surface area (Å²) in [6.45, 7) is 0.178. The summed E-state index contributed by atoms with van der Waals surface area (Å²) in [5, 5.41) is 0.518. The second-order valence-corrected chi connectivity index (χ2v) is 5.87. The average Bonchev–Trinajstić information content (AvgIpc) is 2.43. The number of benzene rings is 1. The highest BCUT2D eigenvalue weighted by atomic mass is 35.5. The topological polar surface area (TPSA) is 68.3 Å². The summed E-state index contributed by atoms with van der Waals surface area (Å²) in [4.78, 5) is 4.33. The van der Waals surface area contributed by atoms with E-state index in [1.165, 1.54) is 13.2 Å². The summed E-state index contributed by atoms with van der Waals surface area (Å²) >= 11 is 5.50. The third-order valence-electron chi connectivity index (χ3n) is 2.59. The van der Waals surface area contributed by atoms with Gasteiger partial charge in [0.2, 0.25) is 10.0 Å². The van der Waals surface area contributed by atoms with E-state index in [4.69, 9.17) is 16.3 Å². The number of aromatic nitrogens is 1. The second-order valence-electron chi connectivity index (χ2n) is 3.75. The third-order valence-corrected chi connectivity index (χ3v) is 4.30. The number of alkyl halides is 1. The van der Waals surface area contributed by atoms with Crippen molar-refractivity contribution in [1.82, 2.24) is 9.71 Å². The minimum absolute atomic E-state index is 0.168. The Bertz CT molecular complexity index is 688. The number of halogens is 1. The molecule has 1 heterocycles. The van der Waals surface area contributed by atoms with Gasteiger partial charge in [-0.1, -0.05) is 0 Å². The first-order valence-corrected chi connectivity index (χ1v) is 7.59. The fourth-order valence-corrected chi connectivity index (χ4v) is 3.20. The number of nitrogens with one attached hydrogen (secondary N) is 1. The molecule has 1 aromatic heterocycles. The Balaban J connectivity index is 2.63. The summed E-state index contributed by atoms with van der Waals surface area (Å²) in [7, 11) is -2.09. The molecule has 0 amide bonds. The van der Waals surface area contributed by atoms with E-state index in [0.717, 1.165) is 0 Å². The first-order chi connectivity index (χ1) is 9.10. The van der Waals surface area contributed by atoms with Gasteiger partial charge in [0.15, 0.2) is 0 Å². The fraction of sp³-hybridized carbons (Fsp3) is 0.250. The van der Waals surface area contributed by atoms with Crippen LogP contribution in [0.15, 0.2) is 35.4 Å². The molecule has 102 valence electrons. The third kappa shape index (κ3) is 2.80. The van der Waals surface area contributed by atoms with Crippen LogP contribution in [-0.2, 0) is 10.0 Å². The Morgan fingerprint density at radius 2 is 2.16 bits per heavy atom. The lowest BCUT2D eigenvalue weighted by atomic mass is 10.2. The number of pyridine rings is 1. The molecular weight excluding hydrogens is 288 g/mol. The molecule has 0 unspecified atom stereocenters. The fourth-order valence-electron chi connectivity index (χ4n) is 1.77. The van der Waals surface area contributed by atoms with Gasteiger partial charge in [-0.05, 0) is 24.3 Å². The minimum atomic E-state index is -3.60. The van der Waals surface area contributed by atoms with Gasteiger partial charge in [0.25, 0.3) is 0 Å². The molecule has 0 bridgehead atoms. The molecule has 1 N–H and O–H groups in total. The molecule has 0 saturated heterocycles. The maximum absolute atomic E-state index is 12.2. The first kappa shape index (κ1) is 14.0. The van der Waals surface area contributed by atoms with E-state index in [9.17, 15) is 8.42 Å². The van der Waals surface area contributed by atoms with E-state index in [-0.39, 0.29) is 17.3 Å². The summed E-state index contributed by atoms with van der Waals surface area (Å²) in [6.07, 6.45) is 1.59. The molecule has 2 aromatic rings. The highest BCUT2D eigenvalue weighted by Crippen LogP contribution is 2.28. The van der Waals surface area contributed by atoms with Crippen LogP contribution in [0, 0.1) is 0 Å². The predicted molar refractivity (Wildman–Crippen MR) is 74.2 cm³/mol. The Labute approximate surface area is 116 Å². The van der Waals surface area contributed by atoms with Crippen LogP contribution in [0.25, 0.3) is 10.9 Å². The summed E-state index contributed by atoms with van der Waals surface area (Å²) in [6, 6.07) is 6.46. The molecule has 0 aliphatic rings. The van der Waals surface area contributed by atoms with E-state index in [2.05, 4.69) is 9.71 Å². The quantitative estimate of drug-likeness (QED) is 0.854. The number of ether oxygens (including phenoxy) is 1. The zero-order valence-corrected chi connectivity index (χ0v) is 11.8. The van der Waals surface area contributed by atoms with E-state index >= 15 is 0 Å². The highest BCUT2D eigenvalue weighted by molar-refractivity contribution is 7.89. The molecule has 0 aliphatic carbocycles. The number of fused-ring (bicyclic) bond motifs is 1. The van der Waals surface area contributed by atoms with Gasteiger partial charge in [-0.25, -0.2) is 13.1 Å². The number of hydrogen-bond acceptors (Lipinski definition) is 4. The molecule has 2 rings (SSSR count). The largest absolute Gasteiger partial charge is 0.494 e. The van der Waals surface area contributed by atoms with Crippen LogP contribution in [0.5, 0.6) is 5.75 Å². The smallest absolute Gasteiger partial charge is 0.241 e. The van der Waals surface area contributed by atoms with Crippen molar-refractivity contribution < 1.29 is 13.2 Å². The molecule has 5 nitrogen and oxygen atoms in total. The summed E-state index contributed by atoms with van der Waals surface area (Å²) in [5.74, 6) is 0.748. The van der Waals surface area contributed by atoms with Crippen LogP contribution in [-0.4, -0.2) is 32.9 Å². The van der Waals surface area contributed by atoms with Crippen molar-refractivity contribution in [2.45, 2.75) is 4.90 Å². The maximum atomic E-state index is 12.2. The highest BCUT2D eigenvalue weighted by Gasteiger charge is 2.18. The molecule has 0 atom stereocenters. The molecule has 1 aromatic carbocycles. The van der Waals surface area contributed by atoms with Crippen LogP contribution in [0.4, 0.5) is 0 Å². The van der Waals surface area contributed by atoms with E-state index in [1.807, 2.05) is 0 Å². The Kier molecular flexibility index (Phi) is 4.24. The van der Waals surface area contributed by atoms with Gasteiger partial charge in [-0.2, -0.15) is 0 Å². The Morgan fingerprint density at radius 1 is 1.37 bits per heavy atom. The number of rotatable bonds is 5. The standard InChI is InChI=1S/C12H13ClN2O3S/c1-18-10-4-5-11(19(16,17)15-8-6-13)9-3-2-7-14-12(9)10/h2-5,7,15H,6,8H2,1H3. The van der Waals surface area contributed by atoms with Gasteiger partial charge < -0.3 is 4.74 Å².